The van der Waals surface area contributed by atoms with Gasteiger partial charge in [-0.2, -0.15) is 0 Å². The van der Waals surface area contributed by atoms with Gasteiger partial charge < -0.3 is 9.64 Å². The summed E-state index contributed by atoms with van der Waals surface area (Å²) in [4.78, 5) is 26.6. The molecule has 1 aromatic carbocycles. The second-order valence-corrected chi connectivity index (χ2v) is 6.87. The molecule has 23 heavy (non-hydrogen) atoms. The maximum atomic E-state index is 12.5. The fourth-order valence-electron chi connectivity index (χ4n) is 3.54. The first-order valence-corrected chi connectivity index (χ1v) is 8.64. The van der Waals surface area contributed by atoms with Crippen LogP contribution in [0.3, 0.4) is 0 Å². The Kier molecular flexibility index (Phi) is 4.42. The van der Waals surface area contributed by atoms with E-state index in [1.54, 1.807) is 0 Å². The summed E-state index contributed by atoms with van der Waals surface area (Å²) >= 11 is 0. The molecule has 2 aliphatic heterocycles. The lowest BCUT2D eigenvalue weighted by Crippen LogP contribution is -2.52. The van der Waals surface area contributed by atoms with Crippen LogP contribution in [-0.2, 0) is 4.79 Å². The molecule has 1 amide bonds. The summed E-state index contributed by atoms with van der Waals surface area (Å²) in [6.07, 6.45) is 4.53. The largest absolute Gasteiger partial charge is 0.486 e. The number of rotatable bonds is 3. The lowest BCUT2D eigenvalue weighted by molar-refractivity contribution is -0.134. The van der Waals surface area contributed by atoms with Crippen LogP contribution in [0.4, 0.5) is 0 Å². The Morgan fingerprint density at radius 1 is 1.30 bits per heavy atom. The number of piperidine rings is 1. The first kappa shape index (κ1) is 16.0. The second kappa shape index (κ2) is 6.34. The van der Waals surface area contributed by atoms with Gasteiger partial charge in [-0.1, -0.05) is 25.0 Å². The normalized spacial score (nSPS) is 19.4. The number of carbonyl (C=O) groups excluding carboxylic acids is 2. The molecule has 0 aromatic heterocycles. The number of hydrogen-bond donors (Lipinski definition) is 0. The molecule has 0 N–H and O–H groups in total. The van der Waals surface area contributed by atoms with Crippen molar-refractivity contribution in [3.05, 3.63) is 29.3 Å². The number of ether oxygens (including phenoxy) is 1. The van der Waals surface area contributed by atoms with Crippen LogP contribution in [0.25, 0.3) is 0 Å². The highest BCUT2D eigenvalue weighted by Crippen LogP contribution is 2.39. The topological polar surface area (TPSA) is 46.6 Å². The van der Waals surface area contributed by atoms with Gasteiger partial charge >= 0.3 is 0 Å². The molecule has 1 spiro atoms. The highest BCUT2D eigenvalue weighted by atomic mass is 16.5. The minimum Gasteiger partial charge on any atom is -0.486 e. The molecule has 4 heteroatoms. The van der Waals surface area contributed by atoms with Crippen molar-refractivity contribution in [3.63, 3.8) is 0 Å². The smallest absolute Gasteiger partial charge is 0.222 e. The molecule has 2 aliphatic rings. The molecule has 0 saturated carbocycles. The fraction of sp³-hybridized carbons (Fsp3) is 0.579. The minimum atomic E-state index is -0.416. The summed E-state index contributed by atoms with van der Waals surface area (Å²) < 4.78 is 6.24. The van der Waals surface area contributed by atoms with E-state index in [-0.39, 0.29) is 11.7 Å². The van der Waals surface area contributed by atoms with E-state index in [1.807, 2.05) is 30.0 Å². The van der Waals surface area contributed by atoms with Gasteiger partial charge in [-0.25, -0.2) is 0 Å². The number of nitrogens with zero attached hydrogens (tertiary/aromatic N) is 1. The molecule has 124 valence electrons. The van der Waals surface area contributed by atoms with Crippen LogP contribution >= 0.6 is 0 Å². The number of aryl methyl sites for hydroxylation is 1. The zero-order chi connectivity index (χ0) is 16.4. The molecular formula is C19H25NO3. The van der Waals surface area contributed by atoms with Crippen molar-refractivity contribution in [2.75, 3.05) is 13.1 Å². The van der Waals surface area contributed by atoms with Crippen molar-refractivity contribution in [2.45, 2.75) is 58.0 Å². The molecule has 1 aromatic rings. The Labute approximate surface area is 137 Å². The average Bonchev–Trinajstić information content (AvgIpc) is 2.54. The van der Waals surface area contributed by atoms with Gasteiger partial charge in [-0.3, -0.25) is 9.59 Å². The third kappa shape index (κ3) is 3.26. The third-order valence-corrected chi connectivity index (χ3v) is 5.02. The first-order valence-electron chi connectivity index (χ1n) is 8.64. The van der Waals surface area contributed by atoms with Crippen LogP contribution in [0.15, 0.2) is 18.2 Å². The van der Waals surface area contributed by atoms with E-state index in [9.17, 15) is 9.59 Å². The van der Waals surface area contributed by atoms with Crippen molar-refractivity contribution < 1.29 is 14.3 Å². The standard InChI is InChI=1S/C19H25NO3/c1-3-4-5-18(22)20-10-8-19(9-11-20)13-16(21)15-12-14(2)6-7-17(15)23-19/h6-7,12H,3-5,8-11,13H2,1-2H3. The Hall–Kier alpha value is -1.84. The number of likely N-dealkylation sites (tertiary alicyclic amines) is 1. The Morgan fingerprint density at radius 2 is 2.04 bits per heavy atom. The van der Waals surface area contributed by atoms with Gasteiger partial charge in [0.25, 0.3) is 0 Å². The Balaban J connectivity index is 1.68. The van der Waals surface area contributed by atoms with Crippen molar-refractivity contribution in [1.82, 2.24) is 4.90 Å². The monoisotopic (exact) mass is 315 g/mol. The van der Waals surface area contributed by atoms with E-state index in [4.69, 9.17) is 4.74 Å². The SMILES string of the molecule is CCCCC(=O)N1CCC2(CC1)CC(=O)c1cc(C)ccc1O2. The molecule has 4 nitrogen and oxygen atoms in total. The lowest BCUT2D eigenvalue weighted by Gasteiger charge is -2.44. The number of fused-ring (bicyclic) bond motifs is 1. The van der Waals surface area contributed by atoms with Crippen LogP contribution in [0.5, 0.6) is 5.75 Å². The number of hydrogen-bond acceptors (Lipinski definition) is 3. The zero-order valence-corrected chi connectivity index (χ0v) is 14.1. The maximum absolute atomic E-state index is 12.5. The predicted molar refractivity (Wildman–Crippen MR) is 88.8 cm³/mol. The van der Waals surface area contributed by atoms with E-state index in [0.717, 1.165) is 31.2 Å². The number of unbranched alkanes of at least 4 members (excludes halogenated alkanes) is 1. The van der Waals surface area contributed by atoms with Gasteiger partial charge in [0.2, 0.25) is 5.91 Å². The molecule has 0 radical (unpaired) electrons. The molecule has 0 unspecified atom stereocenters. The zero-order valence-electron chi connectivity index (χ0n) is 14.1. The Morgan fingerprint density at radius 3 is 2.74 bits per heavy atom. The van der Waals surface area contributed by atoms with Crippen molar-refractivity contribution in [1.29, 1.82) is 0 Å². The predicted octanol–water partition coefficient (Wildman–Crippen LogP) is 3.51. The van der Waals surface area contributed by atoms with Crippen LogP contribution in [0.2, 0.25) is 0 Å². The summed E-state index contributed by atoms with van der Waals surface area (Å²) in [6, 6.07) is 5.80. The molecule has 0 atom stereocenters. The second-order valence-electron chi connectivity index (χ2n) is 6.87. The maximum Gasteiger partial charge on any atom is 0.222 e. The highest BCUT2D eigenvalue weighted by Gasteiger charge is 2.43. The fourth-order valence-corrected chi connectivity index (χ4v) is 3.54. The van der Waals surface area contributed by atoms with E-state index in [2.05, 4.69) is 6.92 Å². The molecular weight excluding hydrogens is 290 g/mol. The summed E-state index contributed by atoms with van der Waals surface area (Å²) in [6.45, 7) is 5.46. The number of Topliss-reactive ketones (excluding diaryl/α,β-unsaturated/α-hetero) is 1. The van der Waals surface area contributed by atoms with Gasteiger partial charge in [-0.05, 0) is 25.5 Å². The van der Waals surface area contributed by atoms with Crippen molar-refractivity contribution >= 4 is 11.7 Å². The number of ketones is 1. The summed E-state index contributed by atoms with van der Waals surface area (Å²) in [5, 5.41) is 0. The van der Waals surface area contributed by atoms with Crippen LogP contribution < -0.4 is 4.74 Å². The molecule has 0 aliphatic carbocycles. The molecule has 3 rings (SSSR count). The molecule has 2 heterocycles. The van der Waals surface area contributed by atoms with E-state index in [0.29, 0.717) is 37.2 Å². The van der Waals surface area contributed by atoms with Gasteiger partial charge in [-0.15, -0.1) is 0 Å². The molecule has 0 bridgehead atoms. The third-order valence-electron chi connectivity index (χ3n) is 5.02. The van der Waals surface area contributed by atoms with E-state index >= 15 is 0 Å². The van der Waals surface area contributed by atoms with E-state index in [1.165, 1.54) is 0 Å². The number of benzene rings is 1. The number of amides is 1. The van der Waals surface area contributed by atoms with Crippen molar-refractivity contribution in [3.8, 4) is 5.75 Å². The number of carbonyl (C=O) groups is 2. The summed E-state index contributed by atoms with van der Waals surface area (Å²) in [5.41, 5.74) is 1.37. The summed E-state index contributed by atoms with van der Waals surface area (Å²) in [7, 11) is 0. The lowest BCUT2D eigenvalue weighted by atomic mass is 9.82. The van der Waals surface area contributed by atoms with Gasteiger partial charge in [0.05, 0.1) is 12.0 Å². The van der Waals surface area contributed by atoms with Gasteiger partial charge in [0, 0.05) is 32.4 Å². The minimum absolute atomic E-state index is 0.167. The molecule has 1 fully saturated rings. The molecule has 1 saturated heterocycles. The highest BCUT2D eigenvalue weighted by molar-refractivity contribution is 6.00. The average molecular weight is 315 g/mol. The Bertz CT molecular complexity index is 615. The first-order chi connectivity index (χ1) is 11.0. The van der Waals surface area contributed by atoms with Gasteiger partial charge in [0.1, 0.15) is 11.4 Å². The van der Waals surface area contributed by atoms with Crippen LogP contribution in [0.1, 0.15) is 61.4 Å². The van der Waals surface area contributed by atoms with Crippen molar-refractivity contribution in [2.24, 2.45) is 0 Å². The van der Waals surface area contributed by atoms with Crippen LogP contribution in [-0.4, -0.2) is 35.3 Å². The van der Waals surface area contributed by atoms with Gasteiger partial charge in [0.15, 0.2) is 5.78 Å². The quantitative estimate of drug-likeness (QED) is 0.857. The van der Waals surface area contributed by atoms with E-state index < -0.39 is 5.60 Å². The summed E-state index contributed by atoms with van der Waals surface area (Å²) in [5.74, 6) is 1.11. The van der Waals surface area contributed by atoms with Crippen LogP contribution in [0, 0.1) is 6.92 Å².